The molecule has 0 aliphatic carbocycles. The van der Waals surface area contributed by atoms with Gasteiger partial charge in [0.25, 0.3) is 0 Å². The number of esters is 1. The maximum absolute atomic E-state index is 12.7. The molecule has 0 saturated carbocycles. The predicted octanol–water partition coefficient (Wildman–Crippen LogP) is 13.4. The number of phosphoric acid groups is 1. The van der Waals surface area contributed by atoms with Crippen LogP contribution in [0.3, 0.4) is 0 Å². The number of carbonyl (C=O) groups excluding carboxylic acids is 1. The number of aliphatic hydroxyl groups is 2. The highest BCUT2D eigenvalue weighted by Gasteiger charge is 2.26. The first-order chi connectivity index (χ1) is 28.3. The average Bonchev–Trinajstić information content (AvgIpc) is 3.21. The fourth-order valence-corrected chi connectivity index (χ4v) is 7.15. The van der Waals surface area contributed by atoms with Crippen LogP contribution in [0.2, 0.25) is 0 Å². The summed E-state index contributed by atoms with van der Waals surface area (Å²) in [5.74, 6) is -0.391. The van der Waals surface area contributed by atoms with E-state index in [-0.39, 0.29) is 19.6 Å². The lowest BCUT2D eigenvalue weighted by atomic mass is 10.1. The molecule has 9 nitrogen and oxygen atoms in total. The average molecular weight is 841 g/mol. The van der Waals surface area contributed by atoms with Crippen molar-refractivity contribution in [3.8, 4) is 0 Å². The van der Waals surface area contributed by atoms with Crippen molar-refractivity contribution >= 4 is 13.8 Å². The fourth-order valence-electron chi connectivity index (χ4n) is 6.36. The summed E-state index contributed by atoms with van der Waals surface area (Å²) in [5.41, 5.74) is 0. The molecule has 0 spiro atoms. The molecule has 3 unspecified atom stereocenters. The summed E-state index contributed by atoms with van der Waals surface area (Å²) in [6.07, 6.45) is 50.6. The molecule has 0 aromatic heterocycles. The topological polar surface area (TPSA) is 132 Å². The van der Waals surface area contributed by atoms with Crippen LogP contribution in [0.4, 0.5) is 0 Å². The van der Waals surface area contributed by atoms with Crippen molar-refractivity contribution in [1.82, 2.24) is 0 Å². The lowest BCUT2D eigenvalue weighted by Crippen LogP contribution is -2.29. The van der Waals surface area contributed by atoms with Crippen molar-refractivity contribution in [2.75, 3.05) is 33.0 Å². The van der Waals surface area contributed by atoms with Crippen LogP contribution in [0.25, 0.3) is 0 Å². The normalized spacial score (nSPS) is 14.4. The predicted molar refractivity (Wildman–Crippen MR) is 242 cm³/mol. The number of rotatable bonds is 45. The van der Waals surface area contributed by atoms with E-state index >= 15 is 0 Å². The molecule has 0 saturated heterocycles. The van der Waals surface area contributed by atoms with Crippen LogP contribution in [0.1, 0.15) is 206 Å². The van der Waals surface area contributed by atoms with Crippen molar-refractivity contribution in [3.05, 3.63) is 48.6 Å². The van der Waals surface area contributed by atoms with Gasteiger partial charge in [-0.1, -0.05) is 172 Å². The highest BCUT2D eigenvalue weighted by Crippen LogP contribution is 2.43. The van der Waals surface area contributed by atoms with Crippen LogP contribution in [-0.4, -0.2) is 66.3 Å². The van der Waals surface area contributed by atoms with Crippen LogP contribution in [0.15, 0.2) is 48.6 Å². The molecule has 0 heterocycles. The molecule has 3 N–H and O–H groups in total. The van der Waals surface area contributed by atoms with E-state index in [1.54, 1.807) is 0 Å². The lowest BCUT2D eigenvalue weighted by Gasteiger charge is -2.20. The Balaban J connectivity index is 4.14. The molecule has 0 fully saturated rings. The molecule has 0 aromatic rings. The maximum atomic E-state index is 12.7. The fraction of sp³-hybridized carbons (Fsp3) is 0.812. The molecule has 0 bridgehead atoms. The quantitative estimate of drug-likeness (QED) is 0.0237. The first-order valence-electron chi connectivity index (χ1n) is 23.6. The number of allylic oxidation sites excluding steroid dienone is 8. The highest BCUT2D eigenvalue weighted by molar-refractivity contribution is 7.47. The molecular weight excluding hydrogens is 751 g/mol. The zero-order chi connectivity index (χ0) is 42.5. The molecule has 58 heavy (non-hydrogen) atoms. The van der Waals surface area contributed by atoms with E-state index < -0.39 is 39.2 Å². The third-order valence-corrected chi connectivity index (χ3v) is 10.9. The van der Waals surface area contributed by atoms with Gasteiger partial charge in [0.1, 0.15) is 12.2 Å². The van der Waals surface area contributed by atoms with Crippen LogP contribution >= 0.6 is 7.82 Å². The van der Waals surface area contributed by atoms with E-state index in [0.29, 0.717) is 6.61 Å². The second-order valence-electron chi connectivity index (χ2n) is 15.8. The van der Waals surface area contributed by atoms with Gasteiger partial charge in [0.2, 0.25) is 0 Å². The summed E-state index contributed by atoms with van der Waals surface area (Å²) in [4.78, 5) is 22.6. The van der Waals surface area contributed by atoms with Gasteiger partial charge in [0.15, 0.2) is 0 Å². The standard InChI is InChI=1S/C48H89O9P/c1-3-5-7-9-11-13-15-17-19-21-22-23-24-25-26-28-30-32-34-36-38-40-48(51)57-47(45-56-58(52,53)55-43-46(50)42-49)44-54-41-39-37-35-33-31-29-27-20-18-16-14-12-10-8-6-4-2/h12,14-15,17-18,20-22,46-47,49-50H,3-11,13,16,19,23-45H2,1-2H3,(H,52,53)/b14-12-,17-15-,20-18-,22-21-. The second-order valence-corrected chi connectivity index (χ2v) is 17.2. The monoisotopic (exact) mass is 841 g/mol. The van der Waals surface area contributed by atoms with Crippen molar-refractivity contribution in [3.63, 3.8) is 0 Å². The van der Waals surface area contributed by atoms with E-state index in [1.807, 2.05) is 0 Å². The van der Waals surface area contributed by atoms with Gasteiger partial charge in [-0.05, 0) is 77.0 Å². The van der Waals surface area contributed by atoms with Gasteiger partial charge in [0, 0.05) is 13.0 Å². The Hall–Kier alpha value is -1.58. The first-order valence-corrected chi connectivity index (χ1v) is 25.1. The largest absolute Gasteiger partial charge is 0.472 e. The molecular formula is C48H89O9P. The molecule has 0 aromatic carbocycles. The van der Waals surface area contributed by atoms with Crippen LogP contribution in [0, 0.1) is 0 Å². The second kappa shape index (κ2) is 45.0. The molecule has 0 radical (unpaired) electrons. The highest BCUT2D eigenvalue weighted by atomic mass is 31.2. The molecule has 10 heteroatoms. The lowest BCUT2D eigenvalue weighted by molar-refractivity contribution is -0.154. The van der Waals surface area contributed by atoms with Gasteiger partial charge in [-0.2, -0.15) is 0 Å². The first kappa shape index (κ1) is 56.4. The number of hydrogen-bond acceptors (Lipinski definition) is 8. The Morgan fingerprint density at radius 3 is 1.41 bits per heavy atom. The summed E-state index contributed by atoms with van der Waals surface area (Å²) in [6, 6.07) is 0. The minimum absolute atomic E-state index is 0.0399. The Labute approximate surface area is 356 Å². The molecule has 0 rings (SSSR count). The number of aliphatic hydroxyl groups excluding tert-OH is 2. The van der Waals surface area contributed by atoms with E-state index in [0.717, 1.165) is 64.2 Å². The third-order valence-electron chi connectivity index (χ3n) is 9.99. The maximum Gasteiger partial charge on any atom is 0.472 e. The van der Waals surface area contributed by atoms with E-state index in [9.17, 15) is 19.4 Å². The Morgan fingerprint density at radius 2 is 0.931 bits per heavy atom. The van der Waals surface area contributed by atoms with Gasteiger partial charge < -0.3 is 24.6 Å². The van der Waals surface area contributed by atoms with Gasteiger partial charge >= 0.3 is 13.8 Å². The minimum atomic E-state index is -4.52. The Bertz CT molecular complexity index is 1040. The number of unbranched alkanes of at least 4 members (excludes halogenated alkanes) is 23. The van der Waals surface area contributed by atoms with Gasteiger partial charge in [-0.25, -0.2) is 4.57 Å². The van der Waals surface area contributed by atoms with Crippen molar-refractivity contribution in [2.24, 2.45) is 0 Å². The summed E-state index contributed by atoms with van der Waals surface area (Å²) >= 11 is 0. The molecule has 3 atom stereocenters. The van der Waals surface area contributed by atoms with Crippen molar-refractivity contribution in [1.29, 1.82) is 0 Å². The van der Waals surface area contributed by atoms with Crippen molar-refractivity contribution < 1.29 is 43.0 Å². The van der Waals surface area contributed by atoms with E-state index in [1.165, 1.54) is 122 Å². The third kappa shape index (κ3) is 44.0. The van der Waals surface area contributed by atoms with Crippen LogP contribution in [0.5, 0.6) is 0 Å². The summed E-state index contributed by atoms with van der Waals surface area (Å²) in [5, 5.41) is 18.4. The van der Waals surface area contributed by atoms with Crippen molar-refractivity contribution in [2.45, 2.75) is 219 Å². The van der Waals surface area contributed by atoms with E-state index in [2.05, 4.69) is 62.5 Å². The SMILES string of the molecule is CCCCC/C=C\C/C=C\CCCCCCCCOCC(COP(=O)(O)OCC(O)CO)OC(=O)CCCCCCCCCCC/C=C\C/C=C\CCCCCCC. The molecule has 0 aliphatic heterocycles. The summed E-state index contributed by atoms with van der Waals surface area (Å²) in [7, 11) is -4.52. The van der Waals surface area contributed by atoms with Crippen LogP contribution in [-0.2, 0) is 27.9 Å². The number of ether oxygens (including phenoxy) is 2. The van der Waals surface area contributed by atoms with Gasteiger partial charge in [-0.15, -0.1) is 0 Å². The zero-order valence-electron chi connectivity index (χ0n) is 37.3. The number of hydrogen-bond donors (Lipinski definition) is 3. The molecule has 340 valence electrons. The van der Waals surface area contributed by atoms with Gasteiger partial charge in [0.05, 0.1) is 26.4 Å². The van der Waals surface area contributed by atoms with E-state index in [4.69, 9.17) is 23.6 Å². The molecule has 0 amide bonds. The number of carbonyl (C=O) groups is 1. The zero-order valence-corrected chi connectivity index (χ0v) is 38.2. The minimum Gasteiger partial charge on any atom is -0.457 e. The Kier molecular flexibility index (Phi) is 43.7. The van der Waals surface area contributed by atoms with Crippen LogP contribution < -0.4 is 0 Å². The van der Waals surface area contributed by atoms with Gasteiger partial charge in [-0.3, -0.25) is 13.8 Å². The summed E-state index contributed by atoms with van der Waals surface area (Å²) < 4.78 is 33.4. The smallest absolute Gasteiger partial charge is 0.457 e. The number of phosphoric ester groups is 1. The Morgan fingerprint density at radius 1 is 0.534 bits per heavy atom. The molecule has 0 aliphatic rings. The summed E-state index contributed by atoms with van der Waals surface area (Å²) in [6.45, 7) is 3.47.